The molecule has 0 bridgehead atoms. The lowest BCUT2D eigenvalue weighted by Crippen LogP contribution is -2.13. The quantitative estimate of drug-likeness (QED) is 0.830. The van der Waals surface area contributed by atoms with Crippen LogP contribution < -0.4 is 5.32 Å². The van der Waals surface area contributed by atoms with Gasteiger partial charge in [0.1, 0.15) is 12.4 Å². The van der Waals surface area contributed by atoms with Gasteiger partial charge in [0.2, 0.25) is 0 Å². The van der Waals surface area contributed by atoms with Gasteiger partial charge in [0.15, 0.2) is 0 Å². The molecule has 1 aromatic heterocycles. The molecule has 0 aliphatic heterocycles. The molecular formula is C16H13FN2O2. The number of aliphatic hydroxyl groups excluding tert-OH is 1. The highest BCUT2D eigenvalue weighted by atomic mass is 19.1. The molecule has 1 heterocycles. The first-order chi connectivity index (χ1) is 10.1. The second kappa shape index (κ2) is 6.64. The lowest BCUT2D eigenvalue weighted by Gasteiger charge is -2.08. The largest absolute Gasteiger partial charge is 0.384 e. The maximum absolute atomic E-state index is 13.2. The molecule has 0 aliphatic rings. The van der Waals surface area contributed by atoms with Crippen molar-refractivity contribution >= 4 is 11.6 Å². The summed E-state index contributed by atoms with van der Waals surface area (Å²) >= 11 is 0. The van der Waals surface area contributed by atoms with Crippen LogP contribution in [0.15, 0.2) is 36.7 Å². The predicted octanol–water partition coefficient (Wildman–Crippen LogP) is 2.13. The Balaban J connectivity index is 2.29. The Hall–Kier alpha value is -2.71. The van der Waals surface area contributed by atoms with Gasteiger partial charge in [0, 0.05) is 12.4 Å². The van der Waals surface area contributed by atoms with Gasteiger partial charge in [-0.25, -0.2) is 4.39 Å². The van der Waals surface area contributed by atoms with E-state index in [-0.39, 0.29) is 12.5 Å². The Morgan fingerprint density at radius 2 is 2.19 bits per heavy atom. The third-order valence-corrected chi connectivity index (χ3v) is 2.67. The SMILES string of the molecule is Cc1cncc(C(=O)Nc2ccc(F)cc2C#CCO)c1. The number of aryl methyl sites for hydroxylation is 1. The summed E-state index contributed by atoms with van der Waals surface area (Å²) < 4.78 is 13.2. The number of hydrogen-bond donors (Lipinski definition) is 2. The molecule has 0 atom stereocenters. The summed E-state index contributed by atoms with van der Waals surface area (Å²) in [6.45, 7) is 1.49. The van der Waals surface area contributed by atoms with Crippen molar-refractivity contribution in [3.05, 3.63) is 59.2 Å². The number of anilines is 1. The van der Waals surface area contributed by atoms with Gasteiger partial charge in [-0.2, -0.15) is 0 Å². The molecule has 0 saturated carbocycles. The maximum Gasteiger partial charge on any atom is 0.257 e. The summed E-state index contributed by atoms with van der Waals surface area (Å²) in [5.74, 6) is 4.21. The Bertz CT molecular complexity index is 733. The number of aliphatic hydroxyl groups is 1. The summed E-state index contributed by atoms with van der Waals surface area (Å²) in [6.07, 6.45) is 3.09. The van der Waals surface area contributed by atoms with Crippen LogP contribution in [0.3, 0.4) is 0 Å². The third kappa shape index (κ3) is 3.88. The summed E-state index contributed by atoms with van der Waals surface area (Å²) in [6, 6.07) is 5.56. The van der Waals surface area contributed by atoms with Gasteiger partial charge >= 0.3 is 0 Å². The third-order valence-electron chi connectivity index (χ3n) is 2.67. The molecule has 2 N–H and O–H groups in total. The minimum Gasteiger partial charge on any atom is -0.384 e. The standard InChI is InChI=1S/C16H13FN2O2/c1-11-7-13(10-18-9-11)16(21)19-15-5-4-14(17)8-12(15)3-2-6-20/h4-5,7-10,20H,6H2,1H3,(H,19,21). The van der Waals surface area contributed by atoms with Crippen LogP contribution in [0.25, 0.3) is 0 Å². The summed E-state index contributed by atoms with van der Waals surface area (Å²) in [5, 5.41) is 11.4. The van der Waals surface area contributed by atoms with Crippen LogP contribution in [-0.4, -0.2) is 22.6 Å². The van der Waals surface area contributed by atoms with Crippen molar-refractivity contribution in [2.45, 2.75) is 6.92 Å². The highest BCUT2D eigenvalue weighted by Crippen LogP contribution is 2.17. The Morgan fingerprint density at radius 1 is 1.38 bits per heavy atom. The van der Waals surface area contributed by atoms with Crippen molar-refractivity contribution in [2.24, 2.45) is 0 Å². The van der Waals surface area contributed by atoms with Gasteiger partial charge in [-0.15, -0.1) is 0 Å². The molecular weight excluding hydrogens is 271 g/mol. The molecule has 2 aromatic rings. The number of benzene rings is 1. The molecule has 2 rings (SSSR count). The number of amides is 1. The van der Waals surface area contributed by atoms with Crippen molar-refractivity contribution in [3.8, 4) is 11.8 Å². The zero-order valence-corrected chi connectivity index (χ0v) is 11.4. The Labute approximate surface area is 121 Å². The molecule has 106 valence electrons. The fourth-order valence-corrected chi connectivity index (χ4v) is 1.74. The molecule has 0 fully saturated rings. The maximum atomic E-state index is 13.2. The van der Waals surface area contributed by atoms with E-state index in [0.29, 0.717) is 16.8 Å². The van der Waals surface area contributed by atoms with Crippen molar-refractivity contribution in [3.63, 3.8) is 0 Å². The molecule has 0 spiro atoms. The van der Waals surface area contributed by atoms with E-state index in [1.165, 1.54) is 24.4 Å². The minimum atomic E-state index is -0.465. The van der Waals surface area contributed by atoms with Crippen LogP contribution in [-0.2, 0) is 0 Å². The van der Waals surface area contributed by atoms with Crippen LogP contribution in [0.1, 0.15) is 21.5 Å². The first-order valence-corrected chi connectivity index (χ1v) is 6.22. The number of rotatable bonds is 2. The van der Waals surface area contributed by atoms with Crippen LogP contribution in [0.4, 0.5) is 10.1 Å². The van der Waals surface area contributed by atoms with E-state index in [4.69, 9.17) is 5.11 Å². The van der Waals surface area contributed by atoms with E-state index in [2.05, 4.69) is 22.1 Å². The minimum absolute atomic E-state index is 0.304. The molecule has 4 nitrogen and oxygen atoms in total. The molecule has 1 amide bonds. The predicted molar refractivity (Wildman–Crippen MR) is 77.3 cm³/mol. The van der Waals surface area contributed by atoms with Gasteiger partial charge in [0.25, 0.3) is 5.91 Å². The molecule has 5 heteroatoms. The smallest absolute Gasteiger partial charge is 0.257 e. The molecule has 0 unspecified atom stereocenters. The second-order valence-electron chi connectivity index (χ2n) is 4.35. The second-order valence-corrected chi connectivity index (χ2v) is 4.35. The van der Waals surface area contributed by atoms with Crippen molar-refractivity contribution in [1.82, 2.24) is 4.98 Å². The number of hydrogen-bond acceptors (Lipinski definition) is 3. The Morgan fingerprint density at radius 3 is 2.90 bits per heavy atom. The lowest BCUT2D eigenvalue weighted by atomic mass is 10.1. The number of halogens is 1. The van der Waals surface area contributed by atoms with E-state index in [9.17, 15) is 9.18 Å². The number of nitrogens with zero attached hydrogens (tertiary/aromatic N) is 1. The zero-order chi connectivity index (χ0) is 15.2. The average molecular weight is 284 g/mol. The topological polar surface area (TPSA) is 62.2 Å². The van der Waals surface area contributed by atoms with Crippen molar-refractivity contribution < 1.29 is 14.3 Å². The van der Waals surface area contributed by atoms with Crippen LogP contribution in [0.2, 0.25) is 0 Å². The van der Waals surface area contributed by atoms with E-state index >= 15 is 0 Å². The fraction of sp³-hybridized carbons (Fsp3) is 0.125. The van der Waals surface area contributed by atoms with Gasteiger partial charge < -0.3 is 10.4 Å². The zero-order valence-electron chi connectivity index (χ0n) is 11.4. The van der Waals surface area contributed by atoms with E-state index in [1.807, 2.05) is 6.92 Å². The molecule has 21 heavy (non-hydrogen) atoms. The highest BCUT2D eigenvalue weighted by molar-refractivity contribution is 6.04. The van der Waals surface area contributed by atoms with Gasteiger partial charge in [0.05, 0.1) is 16.8 Å². The molecule has 0 aliphatic carbocycles. The highest BCUT2D eigenvalue weighted by Gasteiger charge is 2.09. The molecule has 1 aromatic carbocycles. The van der Waals surface area contributed by atoms with Gasteiger partial charge in [-0.05, 0) is 36.8 Å². The van der Waals surface area contributed by atoms with Crippen molar-refractivity contribution in [2.75, 3.05) is 11.9 Å². The lowest BCUT2D eigenvalue weighted by molar-refractivity contribution is 0.102. The molecule has 0 saturated heterocycles. The Kier molecular flexibility index (Phi) is 4.64. The average Bonchev–Trinajstić information content (AvgIpc) is 2.47. The van der Waals surface area contributed by atoms with E-state index < -0.39 is 5.82 Å². The number of pyridine rings is 1. The summed E-state index contributed by atoms with van der Waals surface area (Å²) in [7, 11) is 0. The van der Waals surface area contributed by atoms with Crippen LogP contribution >= 0.6 is 0 Å². The van der Waals surface area contributed by atoms with E-state index in [1.54, 1.807) is 12.3 Å². The summed E-state index contributed by atoms with van der Waals surface area (Å²) in [4.78, 5) is 16.1. The number of nitrogens with one attached hydrogen (secondary N) is 1. The van der Waals surface area contributed by atoms with Gasteiger partial charge in [-0.3, -0.25) is 9.78 Å². The normalized spacial score (nSPS) is 9.67. The fourth-order valence-electron chi connectivity index (χ4n) is 1.74. The van der Waals surface area contributed by atoms with E-state index in [0.717, 1.165) is 5.56 Å². The summed E-state index contributed by atoms with van der Waals surface area (Å²) in [5.41, 5.74) is 1.95. The number of aromatic nitrogens is 1. The number of carbonyl (C=O) groups is 1. The van der Waals surface area contributed by atoms with Crippen LogP contribution in [0.5, 0.6) is 0 Å². The monoisotopic (exact) mass is 284 g/mol. The molecule has 0 radical (unpaired) electrons. The first-order valence-electron chi connectivity index (χ1n) is 6.22. The van der Waals surface area contributed by atoms with Crippen LogP contribution in [0, 0.1) is 24.6 Å². The van der Waals surface area contributed by atoms with Crippen molar-refractivity contribution in [1.29, 1.82) is 0 Å². The van der Waals surface area contributed by atoms with Gasteiger partial charge in [-0.1, -0.05) is 11.8 Å². The number of carbonyl (C=O) groups excluding carboxylic acids is 1. The first kappa shape index (κ1) is 14.7.